The quantitative estimate of drug-likeness (QED) is 0.112. The van der Waals surface area contributed by atoms with Crippen LogP contribution in [0.25, 0.3) is 0 Å². The number of rotatable bonds is 15. The van der Waals surface area contributed by atoms with Gasteiger partial charge >= 0.3 is 13.8 Å². The summed E-state index contributed by atoms with van der Waals surface area (Å²) in [5, 5.41) is 5.87. The molecule has 3 aromatic carbocycles. The Bertz CT molecular complexity index is 1990. The number of fused-ring (bicyclic) bond motifs is 3. The molecule has 1 atom stereocenters. The van der Waals surface area contributed by atoms with E-state index in [4.69, 9.17) is 51.0 Å². The van der Waals surface area contributed by atoms with Crippen molar-refractivity contribution < 1.29 is 55.5 Å². The number of hydrogen-bond donors (Lipinski definition) is 2. The number of hydrogen-bond acceptors (Lipinski definition) is 10. The summed E-state index contributed by atoms with van der Waals surface area (Å²) in [6.07, 6.45) is 0.558. The highest BCUT2D eigenvalue weighted by molar-refractivity contribution is 7.49. The molecule has 0 aromatic heterocycles. The first-order valence-electron chi connectivity index (χ1n) is 18.3. The number of phosphoric ester groups is 1. The Balaban J connectivity index is 1.30. The van der Waals surface area contributed by atoms with Crippen molar-refractivity contribution in [3.05, 3.63) is 87.9 Å². The van der Waals surface area contributed by atoms with Crippen LogP contribution in [0.2, 0.25) is 10.0 Å². The van der Waals surface area contributed by atoms with Gasteiger partial charge in [-0.25, -0.2) is 13.3 Å². The Labute approximate surface area is 340 Å². The number of carbonyl (C=O) groups is 3. The van der Waals surface area contributed by atoms with E-state index in [1.54, 1.807) is 59.7 Å². The Hall–Kier alpha value is -3.94. The number of benzene rings is 3. The van der Waals surface area contributed by atoms with E-state index in [9.17, 15) is 27.7 Å². The van der Waals surface area contributed by atoms with E-state index in [-0.39, 0.29) is 40.1 Å². The first-order valence-corrected chi connectivity index (χ1v) is 20.5. The molecule has 12 nitrogen and oxygen atoms in total. The minimum Gasteiger partial charge on any atom is -0.484 e. The molecule has 17 heteroatoms. The zero-order valence-corrected chi connectivity index (χ0v) is 35.0. The smallest absolute Gasteiger partial charge is 0.484 e. The molecule has 57 heavy (non-hydrogen) atoms. The second-order valence-electron chi connectivity index (χ2n) is 16.2. The Morgan fingerprint density at radius 2 is 1.28 bits per heavy atom. The van der Waals surface area contributed by atoms with Crippen molar-refractivity contribution in [2.24, 2.45) is 0 Å². The van der Waals surface area contributed by atoms with Crippen LogP contribution in [0.5, 0.6) is 17.2 Å². The molecule has 310 valence electrons. The standard InChI is InChI=1S/C40H47Cl2F2N2O10P/c1-37(2,3)55-57(50,56-38(4,5)6)54-28-9-7-8-25(18-28)19-36(49)53-33-22-39(45-34(47)23-51-26-10-12-29(41)31(43)20-26)14-16-40(33,17-15-39)46-35(48)24-52-27-11-13-30(42)32(44)21-27/h7-13,18,20-21,33H,14-17,19,22-24H2,1-6H3,(H,45,47)(H,46,48)/t33-,39?,40?/m0/s1. The van der Waals surface area contributed by atoms with Crippen molar-refractivity contribution >= 4 is 48.8 Å². The number of halogens is 4. The number of ether oxygens (including phenoxy) is 3. The van der Waals surface area contributed by atoms with E-state index < -0.39 is 78.8 Å². The van der Waals surface area contributed by atoms with Crippen molar-refractivity contribution in [2.45, 2.75) is 108 Å². The van der Waals surface area contributed by atoms with Gasteiger partial charge < -0.3 is 29.4 Å². The van der Waals surface area contributed by atoms with Gasteiger partial charge in [-0.3, -0.25) is 23.4 Å². The fourth-order valence-electron chi connectivity index (χ4n) is 6.80. The lowest BCUT2D eigenvalue weighted by Gasteiger charge is -2.57. The zero-order valence-electron chi connectivity index (χ0n) is 32.5. The third-order valence-electron chi connectivity index (χ3n) is 9.12. The Morgan fingerprint density at radius 1 is 0.754 bits per heavy atom. The average Bonchev–Trinajstić information content (AvgIpc) is 3.08. The van der Waals surface area contributed by atoms with Crippen molar-refractivity contribution in [1.82, 2.24) is 10.6 Å². The van der Waals surface area contributed by atoms with Gasteiger partial charge in [0.2, 0.25) is 0 Å². The van der Waals surface area contributed by atoms with Gasteiger partial charge in [0.25, 0.3) is 11.8 Å². The Morgan fingerprint density at radius 3 is 1.79 bits per heavy atom. The predicted molar refractivity (Wildman–Crippen MR) is 209 cm³/mol. The molecular formula is C40H47Cl2F2N2O10P. The predicted octanol–water partition coefficient (Wildman–Crippen LogP) is 8.69. The van der Waals surface area contributed by atoms with Crippen LogP contribution >= 0.6 is 31.0 Å². The van der Waals surface area contributed by atoms with E-state index in [1.807, 2.05) is 0 Å². The maximum atomic E-state index is 14.0. The lowest BCUT2D eigenvalue weighted by molar-refractivity contribution is -0.166. The fraction of sp³-hybridized carbons (Fsp3) is 0.475. The summed E-state index contributed by atoms with van der Waals surface area (Å²) in [7, 11) is -4.13. The third kappa shape index (κ3) is 12.5. The van der Waals surface area contributed by atoms with Crippen molar-refractivity contribution in [3.8, 4) is 17.2 Å². The summed E-state index contributed by atoms with van der Waals surface area (Å²) >= 11 is 11.5. The first kappa shape index (κ1) is 44.2. The minimum atomic E-state index is -4.13. The molecule has 3 aromatic rings. The van der Waals surface area contributed by atoms with E-state index in [0.29, 0.717) is 31.2 Å². The van der Waals surface area contributed by atoms with Gasteiger partial charge in [0.05, 0.1) is 33.2 Å². The molecule has 3 fully saturated rings. The number of phosphoric acid groups is 1. The van der Waals surface area contributed by atoms with Gasteiger partial charge in [-0.1, -0.05) is 35.3 Å². The summed E-state index contributed by atoms with van der Waals surface area (Å²) in [6, 6.07) is 14.0. The van der Waals surface area contributed by atoms with Crippen LogP contribution in [0.3, 0.4) is 0 Å². The van der Waals surface area contributed by atoms with Gasteiger partial charge in [-0.15, -0.1) is 0 Å². The molecule has 6 rings (SSSR count). The number of amides is 2. The normalized spacial score (nSPS) is 20.7. The van der Waals surface area contributed by atoms with Crippen LogP contribution in [0.1, 0.15) is 79.2 Å². The molecule has 2 N–H and O–H groups in total. The third-order valence-corrected chi connectivity index (χ3v) is 11.7. The second-order valence-corrected chi connectivity index (χ2v) is 18.5. The van der Waals surface area contributed by atoms with E-state index in [2.05, 4.69) is 10.6 Å². The van der Waals surface area contributed by atoms with E-state index in [0.717, 1.165) is 12.1 Å². The second kappa shape index (κ2) is 17.5. The molecule has 0 saturated heterocycles. The van der Waals surface area contributed by atoms with Crippen molar-refractivity contribution in [3.63, 3.8) is 0 Å². The first-order chi connectivity index (χ1) is 26.5. The molecular weight excluding hydrogens is 808 g/mol. The highest BCUT2D eigenvalue weighted by Crippen LogP contribution is 2.55. The number of nitrogens with one attached hydrogen (secondary N) is 2. The Kier molecular flexibility index (Phi) is 13.6. The molecule has 3 saturated carbocycles. The van der Waals surface area contributed by atoms with Crippen LogP contribution in [0.4, 0.5) is 8.78 Å². The van der Waals surface area contributed by atoms with Crippen LogP contribution in [0.15, 0.2) is 60.7 Å². The van der Waals surface area contributed by atoms with E-state index in [1.165, 1.54) is 30.3 Å². The van der Waals surface area contributed by atoms with Gasteiger partial charge in [0.15, 0.2) is 13.2 Å². The van der Waals surface area contributed by atoms with Gasteiger partial charge in [-0.2, -0.15) is 0 Å². The molecule has 0 spiro atoms. The van der Waals surface area contributed by atoms with E-state index >= 15 is 0 Å². The van der Waals surface area contributed by atoms with Crippen LogP contribution in [0, 0.1) is 11.6 Å². The summed E-state index contributed by atoms with van der Waals surface area (Å²) in [6.45, 7) is 9.44. The summed E-state index contributed by atoms with van der Waals surface area (Å²) in [5.41, 5.74) is -3.09. The number of esters is 1. The lowest BCUT2D eigenvalue weighted by atomic mass is 9.59. The topological polar surface area (TPSA) is 148 Å². The van der Waals surface area contributed by atoms with Crippen LogP contribution < -0.4 is 24.6 Å². The maximum absolute atomic E-state index is 14.0. The molecule has 0 heterocycles. The van der Waals surface area contributed by atoms with Crippen molar-refractivity contribution in [1.29, 1.82) is 0 Å². The van der Waals surface area contributed by atoms with Crippen LogP contribution in [-0.4, -0.2) is 59.4 Å². The summed E-state index contributed by atoms with van der Waals surface area (Å²) < 4.78 is 76.0. The minimum absolute atomic E-state index is 0.0834. The highest BCUT2D eigenvalue weighted by Gasteiger charge is 2.57. The molecule has 2 amide bonds. The van der Waals surface area contributed by atoms with Crippen molar-refractivity contribution in [2.75, 3.05) is 13.2 Å². The maximum Gasteiger partial charge on any atom is 0.531 e. The highest BCUT2D eigenvalue weighted by atomic mass is 35.5. The largest absolute Gasteiger partial charge is 0.531 e. The lowest BCUT2D eigenvalue weighted by Crippen LogP contribution is -2.71. The number of carbonyl (C=O) groups excluding carboxylic acids is 3. The molecule has 0 aliphatic heterocycles. The monoisotopic (exact) mass is 854 g/mol. The molecule has 3 aliphatic rings. The molecule has 3 aliphatic carbocycles. The average molecular weight is 856 g/mol. The summed E-state index contributed by atoms with van der Waals surface area (Å²) in [4.78, 5) is 40.1. The molecule has 0 radical (unpaired) electrons. The molecule has 0 unspecified atom stereocenters. The fourth-order valence-corrected chi connectivity index (χ4v) is 8.86. The van der Waals surface area contributed by atoms with Gasteiger partial charge in [0, 0.05) is 24.1 Å². The summed E-state index contributed by atoms with van der Waals surface area (Å²) in [5.74, 6) is -2.67. The van der Waals surface area contributed by atoms with Gasteiger partial charge in [-0.05, 0) is 109 Å². The SMILES string of the molecule is CC(C)(C)OP(=O)(Oc1cccc(CC(=O)O[C@H]2CC3(NC(=O)COc4ccc(Cl)c(F)c4)CCC2(NC(=O)COc2ccc(Cl)c(F)c2)CC3)c1)OC(C)(C)C. The van der Waals surface area contributed by atoms with Crippen LogP contribution in [-0.2, 0) is 39.2 Å². The molecule has 2 bridgehead atoms. The van der Waals surface area contributed by atoms with Gasteiger partial charge in [0.1, 0.15) is 35.0 Å². The zero-order chi connectivity index (χ0) is 41.8.